The summed E-state index contributed by atoms with van der Waals surface area (Å²) >= 11 is 0. The average molecular weight is 333 g/mol. The number of amides is 1. The van der Waals surface area contributed by atoms with Crippen molar-refractivity contribution in [2.75, 3.05) is 19.8 Å². The lowest BCUT2D eigenvalue weighted by atomic mass is 9.95. The van der Waals surface area contributed by atoms with Crippen LogP contribution in [0.4, 0.5) is 13.2 Å². The lowest BCUT2D eigenvalue weighted by molar-refractivity contribution is -0.142. The summed E-state index contributed by atoms with van der Waals surface area (Å²) in [5, 5.41) is 10.9. The highest BCUT2D eigenvalue weighted by Gasteiger charge is 2.30. The molecule has 128 valence electrons. The number of nitrogens with one attached hydrogen (secondary N) is 1. The summed E-state index contributed by atoms with van der Waals surface area (Å²) in [4.78, 5) is 21.9. The van der Waals surface area contributed by atoms with Crippen molar-refractivity contribution in [3.8, 4) is 0 Å². The number of carboxylic acids is 1. The molecule has 8 heteroatoms. The summed E-state index contributed by atoms with van der Waals surface area (Å²) in [7, 11) is 0. The summed E-state index contributed by atoms with van der Waals surface area (Å²) in [5.41, 5.74) is -0.318. The first-order valence-corrected chi connectivity index (χ1v) is 6.93. The van der Waals surface area contributed by atoms with Gasteiger partial charge in [0.2, 0.25) is 5.91 Å². The third-order valence-corrected chi connectivity index (χ3v) is 3.07. The zero-order valence-electron chi connectivity index (χ0n) is 12.5. The summed E-state index contributed by atoms with van der Waals surface area (Å²) in [6.07, 6.45) is -4.39. The lowest BCUT2D eigenvalue weighted by Crippen LogP contribution is -2.28. The van der Waals surface area contributed by atoms with Crippen LogP contribution in [0.3, 0.4) is 0 Å². The largest absolute Gasteiger partial charge is 0.480 e. The first kappa shape index (κ1) is 19.0. The molecule has 0 bridgehead atoms. The van der Waals surface area contributed by atoms with E-state index in [1.165, 1.54) is 6.07 Å². The molecule has 0 aromatic heterocycles. The molecule has 0 fully saturated rings. The predicted octanol–water partition coefficient (Wildman–Crippen LogP) is 2.42. The molecule has 1 aromatic rings. The molecule has 1 aromatic carbocycles. The van der Waals surface area contributed by atoms with Crippen LogP contribution in [0.25, 0.3) is 0 Å². The molecule has 1 rings (SSSR count). The van der Waals surface area contributed by atoms with Crippen LogP contribution in [0.2, 0.25) is 0 Å². The maximum atomic E-state index is 12.7. The first-order valence-electron chi connectivity index (χ1n) is 6.93. The van der Waals surface area contributed by atoms with Crippen molar-refractivity contribution < 1.29 is 32.6 Å². The smallest absolute Gasteiger partial charge is 0.416 e. The van der Waals surface area contributed by atoms with Gasteiger partial charge in [0, 0.05) is 13.0 Å². The van der Waals surface area contributed by atoms with Crippen molar-refractivity contribution in [2.45, 2.75) is 25.4 Å². The summed E-state index contributed by atoms with van der Waals surface area (Å²) in [6, 6.07) is 4.87. The SMILES string of the molecule is CC(CC(=O)NCCOCC(=O)O)c1cccc(C(F)(F)F)c1. The number of ether oxygens (including phenoxy) is 1. The molecule has 0 radical (unpaired) electrons. The fourth-order valence-corrected chi connectivity index (χ4v) is 1.91. The van der Waals surface area contributed by atoms with Gasteiger partial charge >= 0.3 is 12.1 Å². The van der Waals surface area contributed by atoms with Crippen LogP contribution in [0, 0.1) is 0 Å². The maximum absolute atomic E-state index is 12.7. The molecule has 0 aliphatic heterocycles. The van der Waals surface area contributed by atoms with Gasteiger partial charge in [-0.1, -0.05) is 25.1 Å². The van der Waals surface area contributed by atoms with Gasteiger partial charge in [-0.25, -0.2) is 4.79 Å². The summed E-state index contributed by atoms with van der Waals surface area (Å²) < 4.78 is 42.7. The van der Waals surface area contributed by atoms with Gasteiger partial charge in [-0.15, -0.1) is 0 Å². The van der Waals surface area contributed by atoms with E-state index in [1.807, 2.05) is 0 Å². The Labute approximate surface area is 131 Å². The minimum absolute atomic E-state index is 0.0280. The van der Waals surface area contributed by atoms with Gasteiger partial charge in [-0.05, 0) is 17.5 Å². The second-order valence-electron chi connectivity index (χ2n) is 5.02. The quantitative estimate of drug-likeness (QED) is 0.717. The topological polar surface area (TPSA) is 75.6 Å². The second kappa shape index (κ2) is 8.52. The van der Waals surface area contributed by atoms with Crippen LogP contribution in [0.5, 0.6) is 0 Å². The third kappa shape index (κ3) is 7.14. The number of hydrogen-bond donors (Lipinski definition) is 2. The van der Waals surface area contributed by atoms with Gasteiger partial charge in [0.15, 0.2) is 0 Å². The van der Waals surface area contributed by atoms with E-state index >= 15 is 0 Å². The standard InChI is InChI=1S/C15H18F3NO4/c1-10(7-13(20)19-5-6-23-9-14(21)22)11-3-2-4-12(8-11)15(16,17)18/h2-4,8,10H,5-7,9H2,1H3,(H,19,20)(H,21,22). The number of aliphatic carboxylic acids is 1. The van der Waals surface area contributed by atoms with E-state index in [2.05, 4.69) is 5.32 Å². The fourth-order valence-electron chi connectivity index (χ4n) is 1.91. The second-order valence-corrected chi connectivity index (χ2v) is 5.02. The van der Waals surface area contributed by atoms with E-state index < -0.39 is 24.3 Å². The van der Waals surface area contributed by atoms with Crippen molar-refractivity contribution in [1.29, 1.82) is 0 Å². The first-order chi connectivity index (χ1) is 10.7. The molecule has 0 spiro atoms. The van der Waals surface area contributed by atoms with E-state index in [0.717, 1.165) is 12.1 Å². The fraction of sp³-hybridized carbons (Fsp3) is 0.467. The molecule has 5 nitrogen and oxygen atoms in total. The van der Waals surface area contributed by atoms with Crippen molar-refractivity contribution in [2.24, 2.45) is 0 Å². The zero-order chi connectivity index (χ0) is 17.5. The summed E-state index contributed by atoms with van der Waals surface area (Å²) in [6.45, 7) is 1.41. The maximum Gasteiger partial charge on any atom is 0.416 e. The molecule has 2 N–H and O–H groups in total. The molecule has 23 heavy (non-hydrogen) atoms. The highest BCUT2D eigenvalue weighted by molar-refractivity contribution is 5.76. The highest BCUT2D eigenvalue weighted by atomic mass is 19.4. The number of rotatable bonds is 8. The van der Waals surface area contributed by atoms with E-state index in [9.17, 15) is 22.8 Å². The molecular weight excluding hydrogens is 315 g/mol. The number of hydrogen-bond acceptors (Lipinski definition) is 3. The van der Waals surface area contributed by atoms with E-state index in [1.54, 1.807) is 13.0 Å². The zero-order valence-corrected chi connectivity index (χ0v) is 12.5. The Bertz CT molecular complexity index is 546. The molecule has 1 atom stereocenters. The van der Waals surface area contributed by atoms with Crippen LogP contribution in [0.1, 0.15) is 30.4 Å². The number of carbonyl (C=O) groups excluding carboxylic acids is 1. The summed E-state index contributed by atoms with van der Waals surface area (Å²) in [5.74, 6) is -1.82. The monoisotopic (exact) mass is 333 g/mol. The van der Waals surface area contributed by atoms with Gasteiger partial charge in [0.05, 0.1) is 12.2 Å². The molecule has 0 saturated carbocycles. The average Bonchev–Trinajstić information content (AvgIpc) is 2.45. The Kier molecular flexibility index (Phi) is 7.02. The van der Waals surface area contributed by atoms with E-state index in [4.69, 9.17) is 9.84 Å². The van der Waals surface area contributed by atoms with Gasteiger partial charge in [0.25, 0.3) is 0 Å². The molecule has 1 amide bonds. The number of halogens is 3. The van der Waals surface area contributed by atoms with Gasteiger partial charge < -0.3 is 15.2 Å². The van der Waals surface area contributed by atoms with Gasteiger partial charge in [-0.2, -0.15) is 13.2 Å². The molecule has 0 saturated heterocycles. The number of carboxylic acid groups (broad SMARTS) is 1. The molecule has 1 unspecified atom stereocenters. The van der Waals surface area contributed by atoms with Crippen molar-refractivity contribution >= 4 is 11.9 Å². The number of carbonyl (C=O) groups is 2. The van der Waals surface area contributed by atoms with Crippen molar-refractivity contribution in [3.63, 3.8) is 0 Å². The van der Waals surface area contributed by atoms with Gasteiger partial charge in [0.1, 0.15) is 6.61 Å². The number of alkyl halides is 3. The van der Waals surface area contributed by atoms with Crippen LogP contribution in [-0.4, -0.2) is 36.7 Å². The van der Waals surface area contributed by atoms with Crippen molar-refractivity contribution in [1.82, 2.24) is 5.32 Å². The van der Waals surface area contributed by atoms with Crippen LogP contribution in [-0.2, 0) is 20.5 Å². The van der Waals surface area contributed by atoms with Crippen LogP contribution in [0.15, 0.2) is 24.3 Å². The Morgan fingerprint density at radius 2 is 2.04 bits per heavy atom. The highest BCUT2D eigenvalue weighted by Crippen LogP contribution is 2.31. The van der Waals surface area contributed by atoms with Gasteiger partial charge in [-0.3, -0.25) is 4.79 Å². The Morgan fingerprint density at radius 1 is 1.35 bits per heavy atom. The Morgan fingerprint density at radius 3 is 2.65 bits per heavy atom. The Balaban J connectivity index is 2.45. The minimum atomic E-state index is -4.42. The van der Waals surface area contributed by atoms with Crippen LogP contribution >= 0.6 is 0 Å². The third-order valence-electron chi connectivity index (χ3n) is 3.07. The van der Waals surface area contributed by atoms with E-state index in [0.29, 0.717) is 5.56 Å². The Hall–Kier alpha value is -2.09. The van der Waals surface area contributed by atoms with Crippen LogP contribution < -0.4 is 5.32 Å². The normalized spacial score (nSPS) is 12.7. The van der Waals surface area contributed by atoms with E-state index in [-0.39, 0.29) is 31.4 Å². The molecule has 0 aliphatic rings. The minimum Gasteiger partial charge on any atom is -0.480 e. The molecular formula is C15H18F3NO4. The molecule has 0 aliphatic carbocycles. The predicted molar refractivity (Wildman–Crippen MR) is 75.9 cm³/mol. The molecule has 0 heterocycles. The number of benzene rings is 1. The van der Waals surface area contributed by atoms with Crippen molar-refractivity contribution in [3.05, 3.63) is 35.4 Å². The lowest BCUT2D eigenvalue weighted by Gasteiger charge is -2.14.